The van der Waals surface area contributed by atoms with Crippen molar-refractivity contribution >= 4 is 16.8 Å². The first-order valence-corrected chi connectivity index (χ1v) is 12.9. The van der Waals surface area contributed by atoms with E-state index in [2.05, 4.69) is 4.98 Å². The van der Waals surface area contributed by atoms with Crippen molar-refractivity contribution in [2.24, 2.45) is 11.3 Å². The number of amides is 1. The first-order chi connectivity index (χ1) is 17.6. The second kappa shape index (κ2) is 9.71. The van der Waals surface area contributed by atoms with Crippen molar-refractivity contribution in [1.29, 1.82) is 0 Å². The van der Waals surface area contributed by atoms with E-state index in [0.29, 0.717) is 31.7 Å². The molecular formula is C29H34F3N3O2. The number of carbonyl (C=O) groups excluding carboxylic acids is 1. The van der Waals surface area contributed by atoms with Gasteiger partial charge in [-0.05, 0) is 25.0 Å². The van der Waals surface area contributed by atoms with Crippen LogP contribution in [0.2, 0.25) is 0 Å². The molecular weight excluding hydrogens is 479 g/mol. The quantitative estimate of drug-likeness (QED) is 0.465. The van der Waals surface area contributed by atoms with Crippen LogP contribution in [0.3, 0.4) is 0 Å². The molecule has 0 saturated carbocycles. The Kier molecular flexibility index (Phi) is 6.73. The van der Waals surface area contributed by atoms with Gasteiger partial charge in [-0.2, -0.15) is 0 Å². The highest BCUT2D eigenvalue weighted by molar-refractivity contribution is 5.88. The van der Waals surface area contributed by atoms with Gasteiger partial charge in [0.05, 0.1) is 12.2 Å². The molecule has 0 unspecified atom stereocenters. The maximum Gasteiger partial charge on any atom is 0.229 e. The van der Waals surface area contributed by atoms with Gasteiger partial charge in [0.25, 0.3) is 0 Å². The molecule has 198 valence electrons. The first kappa shape index (κ1) is 25.6. The predicted molar refractivity (Wildman–Crippen MR) is 137 cm³/mol. The SMILES string of the molecule is C[C@@H]1Cc2c([nH]c3ccccc23)[C@@H](c2c(F)cc(OCCN3CC(CF)C3)cc2F)N1C(=O)C(C)(C)C. The number of nitrogens with zero attached hydrogens (tertiary/aromatic N) is 2. The van der Waals surface area contributed by atoms with Crippen LogP contribution in [0.5, 0.6) is 5.75 Å². The van der Waals surface area contributed by atoms with Gasteiger partial charge in [-0.3, -0.25) is 14.1 Å². The third-order valence-corrected chi connectivity index (χ3v) is 7.50. The van der Waals surface area contributed by atoms with Crippen LogP contribution in [0.1, 0.15) is 50.6 Å². The number of benzene rings is 2. The number of hydrogen-bond donors (Lipinski definition) is 1. The molecule has 0 radical (unpaired) electrons. The third-order valence-electron chi connectivity index (χ3n) is 7.50. The van der Waals surface area contributed by atoms with Crippen molar-refractivity contribution in [1.82, 2.24) is 14.8 Å². The lowest BCUT2D eigenvalue weighted by atomic mass is 9.84. The van der Waals surface area contributed by atoms with Crippen LogP contribution in [-0.4, -0.2) is 59.6 Å². The second-order valence-electron chi connectivity index (χ2n) is 11.4. The van der Waals surface area contributed by atoms with E-state index in [0.717, 1.165) is 16.5 Å². The molecule has 0 aliphatic carbocycles. The van der Waals surface area contributed by atoms with Gasteiger partial charge < -0.3 is 14.6 Å². The molecule has 2 aromatic carbocycles. The lowest BCUT2D eigenvalue weighted by Gasteiger charge is -2.44. The Hall–Kier alpha value is -3.00. The van der Waals surface area contributed by atoms with E-state index in [4.69, 9.17) is 4.74 Å². The zero-order valence-electron chi connectivity index (χ0n) is 21.8. The molecule has 1 saturated heterocycles. The molecule has 0 spiro atoms. The van der Waals surface area contributed by atoms with Crippen LogP contribution in [-0.2, 0) is 11.2 Å². The Bertz CT molecular complexity index is 1290. The molecule has 8 heteroatoms. The number of fused-ring (bicyclic) bond motifs is 3. The number of ether oxygens (including phenoxy) is 1. The summed E-state index contributed by atoms with van der Waals surface area (Å²) in [5.74, 6) is -1.52. The number of rotatable bonds is 6. The van der Waals surface area contributed by atoms with E-state index in [-0.39, 0.29) is 42.5 Å². The van der Waals surface area contributed by atoms with E-state index >= 15 is 8.78 Å². The highest BCUT2D eigenvalue weighted by atomic mass is 19.1. The molecule has 5 nitrogen and oxygen atoms in total. The summed E-state index contributed by atoms with van der Waals surface area (Å²) in [7, 11) is 0. The lowest BCUT2D eigenvalue weighted by molar-refractivity contribution is -0.144. The molecule has 0 bridgehead atoms. The van der Waals surface area contributed by atoms with Gasteiger partial charge in [0.1, 0.15) is 30.0 Å². The molecule has 1 aromatic heterocycles. The highest BCUT2D eigenvalue weighted by Gasteiger charge is 2.44. The van der Waals surface area contributed by atoms with E-state index in [1.165, 1.54) is 12.1 Å². The minimum absolute atomic E-state index is 0.0698. The summed E-state index contributed by atoms with van der Waals surface area (Å²) in [6.07, 6.45) is 0.585. The fraction of sp³-hybridized carbons (Fsp3) is 0.483. The summed E-state index contributed by atoms with van der Waals surface area (Å²) >= 11 is 0. The summed E-state index contributed by atoms with van der Waals surface area (Å²) in [6.45, 7) is 9.20. The Morgan fingerprint density at radius 1 is 1.14 bits per heavy atom. The Morgan fingerprint density at radius 2 is 1.81 bits per heavy atom. The van der Waals surface area contributed by atoms with Crippen molar-refractivity contribution in [3.8, 4) is 5.75 Å². The van der Waals surface area contributed by atoms with Crippen LogP contribution in [0, 0.1) is 23.0 Å². The van der Waals surface area contributed by atoms with E-state index < -0.39 is 23.1 Å². The third kappa shape index (κ3) is 4.72. The van der Waals surface area contributed by atoms with Gasteiger partial charge in [0, 0.05) is 65.7 Å². The maximum absolute atomic E-state index is 15.7. The number of aromatic nitrogens is 1. The number of halogens is 3. The molecule has 2 atom stereocenters. The average molecular weight is 514 g/mol. The number of H-pyrrole nitrogens is 1. The van der Waals surface area contributed by atoms with Crippen LogP contribution in [0.4, 0.5) is 13.2 Å². The number of nitrogens with one attached hydrogen (secondary N) is 1. The average Bonchev–Trinajstić information content (AvgIpc) is 3.17. The van der Waals surface area contributed by atoms with Gasteiger partial charge in [0.2, 0.25) is 5.91 Å². The number of alkyl halides is 1. The summed E-state index contributed by atoms with van der Waals surface area (Å²) in [5.41, 5.74) is 1.59. The summed E-state index contributed by atoms with van der Waals surface area (Å²) in [6, 6.07) is 8.96. The standard InChI is InChI=1S/C29H34F3N3O2/c1-17-11-21-20-7-5-6-8-24(20)33-26(21)27(35(17)28(36)29(2,3)4)25-22(31)12-19(13-23(25)32)37-10-9-34-15-18(14-30)16-34/h5-8,12-13,17-18,27,33H,9-11,14-16H2,1-4H3/t17-,27-/m1/s1. The van der Waals surface area contributed by atoms with Gasteiger partial charge in [0.15, 0.2) is 0 Å². The van der Waals surface area contributed by atoms with Crippen LogP contribution < -0.4 is 4.74 Å². The zero-order valence-corrected chi connectivity index (χ0v) is 21.8. The molecule has 37 heavy (non-hydrogen) atoms. The monoisotopic (exact) mass is 513 g/mol. The lowest BCUT2D eigenvalue weighted by Crippen LogP contribution is -2.50. The van der Waals surface area contributed by atoms with Crippen molar-refractivity contribution < 1.29 is 22.7 Å². The molecule has 2 aliphatic rings. The van der Waals surface area contributed by atoms with Gasteiger partial charge in [-0.1, -0.05) is 39.0 Å². The molecule has 5 rings (SSSR count). The maximum atomic E-state index is 15.7. The topological polar surface area (TPSA) is 48.6 Å². The van der Waals surface area contributed by atoms with Gasteiger partial charge in [-0.25, -0.2) is 8.78 Å². The molecule has 1 amide bonds. The number of carbonyl (C=O) groups is 1. The fourth-order valence-electron chi connectivity index (χ4n) is 5.60. The van der Waals surface area contributed by atoms with E-state index in [1.54, 1.807) is 4.90 Å². The highest BCUT2D eigenvalue weighted by Crippen LogP contribution is 2.44. The van der Waals surface area contributed by atoms with Crippen molar-refractivity contribution in [3.63, 3.8) is 0 Å². The smallest absolute Gasteiger partial charge is 0.229 e. The van der Waals surface area contributed by atoms with Gasteiger partial charge >= 0.3 is 0 Å². The molecule has 1 fully saturated rings. The molecule has 2 aliphatic heterocycles. The zero-order chi connectivity index (χ0) is 26.5. The summed E-state index contributed by atoms with van der Waals surface area (Å²) in [5, 5.41) is 0.999. The number of para-hydroxylation sites is 1. The number of aromatic amines is 1. The number of hydrogen-bond acceptors (Lipinski definition) is 3. The molecule has 3 heterocycles. The van der Waals surface area contributed by atoms with Crippen molar-refractivity contribution in [2.45, 2.75) is 46.2 Å². The van der Waals surface area contributed by atoms with Crippen LogP contribution in [0.15, 0.2) is 36.4 Å². The van der Waals surface area contributed by atoms with Crippen LogP contribution >= 0.6 is 0 Å². The normalized spacial score (nSPS) is 20.7. The van der Waals surface area contributed by atoms with Crippen molar-refractivity contribution in [3.05, 3.63) is 64.9 Å². The first-order valence-electron chi connectivity index (χ1n) is 12.9. The fourth-order valence-corrected chi connectivity index (χ4v) is 5.60. The summed E-state index contributed by atoms with van der Waals surface area (Å²) in [4.78, 5) is 20.7. The predicted octanol–water partition coefficient (Wildman–Crippen LogP) is 5.63. The van der Waals surface area contributed by atoms with E-state index in [9.17, 15) is 9.18 Å². The molecule has 1 N–H and O–H groups in total. The van der Waals surface area contributed by atoms with Crippen LogP contribution in [0.25, 0.3) is 10.9 Å². The number of likely N-dealkylation sites (tertiary alicyclic amines) is 1. The van der Waals surface area contributed by atoms with E-state index in [1.807, 2.05) is 56.9 Å². The Morgan fingerprint density at radius 3 is 2.46 bits per heavy atom. The summed E-state index contributed by atoms with van der Waals surface area (Å²) < 4.78 is 49.8. The van der Waals surface area contributed by atoms with Gasteiger partial charge in [-0.15, -0.1) is 0 Å². The van der Waals surface area contributed by atoms with Crippen molar-refractivity contribution in [2.75, 3.05) is 32.9 Å². The Labute approximate surface area is 215 Å². The largest absolute Gasteiger partial charge is 0.492 e. The Balaban J connectivity index is 1.50. The second-order valence-corrected chi connectivity index (χ2v) is 11.4. The minimum atomic E-state index is -0.939. The molecule has 3 aromatic rings. The minimum Gasteiger partial charge on any atom is -0.492 e.